The van der Waals surface area contributed by atoms with Gasteiger partial charge in [-0.1, -0.05) is 0 Å². The normalized spacial score (nSPS) is 17.3. The van der Waals surface area contributed by atoms with Crippen molar-refractivity contribution in [1.29, 1.82) is 0 Å². The van der Waals surface area contributed by atoms with Crippen LogP contribution in [-0.4, -0.2) is 35.8 Å². The first-order valence-corrected chi connectivity index (χ1v) is 9.31. The highest BCUT2D eigenvalue weighted by molar-refractivity contribution is 7.89. The van der Waals surface area contributed by atoms with E-state index in [-0.39, 0.29) is 4.90 Å². The van der Waals surface area contributed by atoms with E-state index >= 15 is 0 Å². The summed E-state index contributed by atoms with van der Waals surface area (Å²) in [7, 11) is -3.40. The van der Waals surface area contributed by atoms with E-state index in [0.29, 0.717) is 19.0 Å². The lowest BCUT2D eigenvalue weighted by Crippen LogP contribution is -2.38. The Hall–Kier alpha value is -1.79. The van der Waals surface area contributed by atoms with Crippen molar-refractivity contribution in [3.05, 3.63) is 54.1 Å². The van der Waals surface area contributed by atoms with Crippen LogP contribution >= 0.6 is 0 Å². The first-order chi connectivity index (χ1) is 11.1. The number of pyridine rings is 2. The maximum Gasteiger partial charge on any atom is 0.244 e. The molecule has 0 unspecified atom stereocenters. The summed E-state index contributed by atoms with van der Waals surface area (Å²) in [6.07, 6.45) is 7.61. The monoisotopic (exact) mass is 331 g/mol. The van der Waals surface area contributed by atoms with Crippen molar-refractivity contribution in [2.45, 2.75) is 31.1 Å². The summed E-state index contributed by atoms with van der Waals surface area (Å²) in [5, 5.41) is 0. The van der Waals surface area contributed by atoms with Crippen LogP contribution in [0.2, 0.25) is 0 Å². The number of aryl methyl sites for hydroxylation is 1. The SMILES string of the molecule is Cc1cc(CC2CCN(S(=O)(=O)c3cccnc3)CC2)ccn1. The summed E-state index contributed by atoms with van der Waals surface area (Å²) < 4.78 is 26.7. The van der Waals surface area contributed by atoms with E-state index in [0.717, 1.165) is 25.0 Å². The van der Waals surface area contributed by atoms with Gasteiger partial charge in [0.1, 0.15) is 4.90 Å². The molecule has 0 spiro atoms. The Labute approximate surface area is 137 Å². The van der Waals surface area contributed by atoms with Crippen LogP contribution in [-0.2, 0) is 16.4 Å². The van der Waals surface area contributed by atoms with Crippen LogP contribution in [0.5, 0.6) is 0 Å². The standard InChI is InChI=1S/C17H21N3O2S/c1-14-11-16(4-8-19-14)12-15-5-9-20(10-6-15)23(21,22)17-3-2-7-18-13-17/h2-4,7-8,11,13,15H,5-6,9-10,12H2,1H3. The lowest BCUT2D eigenvalue weighted by molar-refractivity contribution is 0.272. The van der Waals surface area contributed by atoms with Crippen LogP contribution < -0.4 is 0 Å². The Kier molecular flexibility index (Phi) is 4.73. The van der Waals surface area contributed by atoms with E-state index in [1.54, 1.807) is 22.6 Å². The fraction of sp³-hybridized carbons (Fsp3) is 0.412. The van der Waals surface area contributed by atoms with Crippen molar-refractivity contribution >= 4 is 10.0 Å². The second-order valence-electron chi connectivity index (χ2n) is 6.05. The molecular weight excluding hydrogens is 310 g/mol. The number of sulfonamides is 1. The Bertz CT molecular complexity index is 754. The molecule has 0 aliphatic carbocycles. The van der Waals surface area contributed by atoms with Gasteiger partial charge in [0, 0.05) is 37.4 Å². The molecule has 0 atom stereocenters. The largest absolute Gasteiger partial charge is 0.263 e. The summed E-state index contributed by atoms with van der Waals surface area (Å²) in [6.45, 7) is 3.14. The number of rotatable bonds is 4. The zero-order valence-corrected chi connectivity index (χ0v) is 14.0. The second-order valence-corrected chi connectivity index (χ2v) is 7.98. The minimum Gasteiger partial charge on any atom is -0.263 e. The molecule has 0 N–H and O–H groups in total. The van der Waals surface area contributed by atoms with Crippen LogP contribution in [0.15, 0.2) is 47.8 Å². The summed E-state index contributed by atoms with van der Waals surface area (Å²) in [4.78, 5) is 8.41. The number of piperidine rings is 1. The number of aromatic nitrogens is 2. The van der Waals surface area contributed by atoms with Gasteiger partial charge in [-0.25, -0.2) is 8.42 Å². The van der Waals surface area contributed by atoms with Gasteiger partial charge in [0.2, 0.25) is 10.0 Å². The van der Waals surface area contributed by atoms with E-state index in [9.17, 15) is 8.42 Å². The summed E-state index contributed by atoms with van der Waals surface area (Å²) in [5.74, 6) is 0.525. The number of hydrogen-bond donors (Lipinski definition) is 0. The van der Waals surface area contributed by atoms with E-state index < -0.39 is 10.0 Å². The van der Waals surface area contributed by atoms with Crippen molar-refractivity contribution < 1.29 is 8.42 Å². The van der Waals surface area contributed by atoms with E-state index in [4.69, 9.17) is 0 Å². The minimum atomic E-state index is -3.40. The van der Waals surface area contributed by atoms with Gasteiger partial charge >= 0.3 is 0 Å². The smallest absolute Gasteiger partial charge is 0.244 e. The zero-order valence-electron chi connectivity index (χ0n) is 13.2. The average Bonchev–Trinajstić information content (AvgIpc) is 2.56. The Morgan fingerprint density at radius 1 is 1.22 bits per heavy atom. The van der Waals surface area contributed by atoms with Gasteiger partial charge in [0.15, 0.2) is 0 Å². The van der Waals surface area contributed by atoms with Gasteiger partial charge < -0.3 is 0 Å². The van der Waals surface area contributed by atoms with Gasteiger partial charge in [-0.05, 0) is 61.9 Å². The predicted molar refractivity (Wildman–Crippen MR) is 88.4 cm³/mol. The highest BCUT2D eigenvalue weighted by atomic mass is 32.2. The van der Waals surface area contributed by atoms with Crippen molar-refractivity contribution in [3.63, 3.8) is 0 Å². The van der Waals surface area contributed by atoms with E-state index in [2.05, 4.69) is 16.0 Å². The van der Waals surface area contributed by atoms with Crippen molar-refractivity contribution in [2.75, 3.05) is 13.1 Å². The molecule has 0 radical (unpaired) electrons. The van der Waals surface area contributed by atoms with Crippen LogP contribution in [0.3, 0.4) is 0 Å². The molecule has 0 amide bonds. The van der Waals surface area contributed by atoms with Crippen LogP contribution in [0.4, 0.5) is 0 Å². The lowest BCUT2D eigenvalue weighted by atomic mass is 9.91. The van der Waals surface area contributed by atoms with E-state index in [1.165, 1.54) is 11.8 Å². The molecule has 1 saturated heterocycles. The molecule has 0 saturated carbocycles. The fourth-order valence-electron chi connectivity index (χ4n) is 3.07. The molecule has 5 nitrogen and oxygen atoms in total. The molecule has 122 valence electrons. The molecule has 1 aliphatic rings. The molecule has 3 rings (SSSR count). The molecule has 3 heterocycles. The Balaban J connectivity index is 1.62. The molecule has 0 bridgehead atoms. The average molecular weight is 331 g/mol. The van der Waals surface area contributed by atoms with Crippen molar-refractivity contribution in [2.24, 2.45) is 5.92 Å². The minimum absolute atomic E-state index is 0.281. The second kappa shape index (κ2) is 6.76. The maximum atomic E-state index is 12.6. The van der Waals surface area contributed by atoms with Crippen molar-refractivity contribution in [3.8, 4) is 0 Å². The summed E-state index contributed by atoms with van der Waals surface area (Å²) in [5.41, 5.74) is 2.31. The quantitative estimate of drug-likeness (QED) is 0.863. The molecule has 2 aromatic rings. The van der Waals surface area contributed by atoms with Gasteiger partial charge in [0.25, 0.3) is 0 Å². The van der Waals surface area contributed by atoms with E-state index in [1.807, 2.05) is 19.2 Å². The van der Waals surface area contributed by atoms with Crippen LogP contribution in [0.1, 0.15) is 24.1 Å². The third-order valence-electron chi connectivity index (χ3n) is 4.33. The van der Waals surface area contributed by atoms with Crippen LogP contribution in [0, 0.1) is 12.8 Å². The van der Waals surface area contributed by atoms with Gasteiger partial charge in [0.05, 0.1) is 0 Å². The first kappa shape index (κ1) is 16.1. The summed E-state index contributed by atoms with van der Waals surface area (Å²) >= 11 is 0. The third kappa shape index (κ3) is 3.76. The van der Waals surface area contributed by atoms with Gasteiger partial charge in [-0.2, -0.15) is 4.31 Å². The number of hydrogen-bond acceptors (Lipinski definition) is 4. The van der Waals surface area contributed by atoms with Gasteiger partial charge in [-0.15, -0.1) is 0 Å². The highest BCUT2D eigenvalue weighted by Crippen LogP contribution is 2.25. The maximum absolute atomic E-state index is 12.6. The first-order valence-electron chi connectivity index (χ1n) is 7.87. The third-order valence-corrected chi connectivity index (χ3v) is 6.21. The zero-order chi connectivity index (χ0) is 16.3. The topological polar surface area (TPSA) is 63.2 Å². The molecule has 2 aromatic heterocycles. The molecule has 23 heavy (non-hydrogen) atoms. The molecule has 1 aliphatic heterocycles. The molecule has 1 fully saturated rings. The molecular formula is C17H21N3O2S. The van der Waals surface area contributed by atoms with Crippen molar-refractivity contribution in [1.82, 2.24) is 14.3 Å². The Morgan fingerprint density at radius 3 is 2.65 bits per heavy atom. The Morgan fingerprint density at radius 2 is 2.00 bits per heavy atom. The van der Waals surface area contributed by atoms with Gasteiger partial charge in [-0.3, -0.25) is 9.97 Å². The van der Waals surface area contributed by atoms with Crippen LogP contribution in [0.25, 0.3) is 0 Å². The summed E-state index contributed by atoms with van der Waals surface area (Å²) in [6, 6.07) is 7.42. The molecule has 0 aromatic carbocycles. The lowest BCUT2D eigenvalue weighted by Gasteiger charge is -2.31. The molecule has 6 heteroatoms. The fourth-order valence-corrected chi connectivity index (χ4v) is 4.50. The highest BCUT2D eigenvalue weighted by Gasteiger charge is 2.29. The number of nitrogens with zero attached hydrogens (tertiary/aromatic N) is 3. The predicted octanol–water partition coefficient (Wildman–Crippen LogP) is 2.43.